The van der Waals surface area contributed by atoms with E-state index >= 15 is 0 Å². The van der Waals surface area contributed by atoms with Gasteiger partial charge in [-0.25, -0.2) is 8.42 Å². The summed E-state index contributed by atoms with van der Waals surface area (Å²) in [4.78, 5) is 0. The molecular formula is C13H19BrO2S. The lowest BCUT2D eigenvalue weighted by molar-refractivity contribution is 0.588. The van der Waals surface area contributed by atoms with Gasteiger partial charge in [0.1, 0.15) is 9.84 Å². The lowest BCUT2D eigenvalue weighted by Crippen LogP contribution is -2.10. The van der Waals surface area contributed by atoms with Gasteiger partial charge in [0.15, 0.2) is 0 Å². The maximum atomic E-state index is 11.4. The maximum Gasteiger partial charge on any atom is 0.150 e. The summed E-state index contributed by atoms with van der Waals surface area (Å²) < 4.78 is 22.8. The molecule has 0 radical (unpaired) electrons. The smallest absolute Gasteiger partial charge is 0.150 e. The van der Waals surface area contributed by atoms with E-state index in [9.17, 15) is 8.42 Å². The molecule has 1 rings (SSSR count). The minimum absolute atomic E-state index is 0.247. The summed E-state index contributed by atoms with van der Waals surface area (Å²) in [5, 5.41) is 0.878. The third-order valence-electron chi connectivity index (χ3n) is 2.90. The van der Waals surface area contributed by atoms with Crippen LogP contribution in [0.25, 0.3) is 0 Å². The topological polar surface area (TPSA) is 34.1 Å². The largest absolute Gasteiger partial charge is 0.229 e. The summed E-state index contributed by atoms with van der Waals surface area (Å²) in [6.07, 6.45) is 1.65. The van der Waals surface area contributed by atoms with E-state index in [1.165, 1.54) is 5.56 Å². The number of alkyl halides is 1. The van der Waals surface area contributed by atoms with E-state index in [-0.39, 0.29) is 5.75 Å². The Kier molecular flexibility index (Phi) is 6.20. The quantitative estimate of drug-likeness (QED) is 0.722. The average molecular weight is 319 g/mol. The van der Waals surface area contributed by atoms with Crippen molar-refractivity contribution in [3.63, 3.8) is 0 Å². The van der Waals surface area contributed by atoms with Gasteiger partial charge in [0.25, 0.3) is 0 Å². The van der Waals surface area contributed by atoms with E-state index < -0.39 is 9.84 Å². The Morgan fingerprint density at radius 1 is 1.24 bits per heavy atom. The van der Waals surface area contributed by atoms with Crippen LogP contribution in [0.3, 0.4) is 0 Å². The molecule has 1 aromatic rings. The van der Waals surface area contributed by atoms with Crippen molar-refractivity contribution >= 4 is 25.8 Å². The molecule has 1 unspecified atom stereocenters. The van der Waals surface area contributed by atoms with Gasteiger partial charge in [0.05, 0.1) is 5.75 Å². The summed E-state index contributed by atoms with van der Waals surface area (Å²) in [5.74, 6) is 0.959. The average Bonchev–Trinajstić information content (AvgIpc) is 2.36. The van der Waals surface area contributed by atoms with E-state index in [1.807, 2.05) is 18.2 Å². The van der Waals surface area contributed by atoms with Gasteiger partial charge in [-0.05, 0) is 24.3 Å². The molecule has 0 fully saturated rings. The second-order valence-corrected chi connectivity index (χ2v) is 7.26. The molecule has 0 N–H and O–H groups in total. The van der Waals surface area contributed by atoms with Crippen LogP contribution in [0.2, 0.25) is 0 Å². The number of rotatable bonds is 7. The Hall–Kier alpha value is -0.350. The zero-order valence-electron chi connectivity index (χ0n) is 10.1. The summed E-state index contributed by atoms with van der Waals surface area (Å²) in [7, 11) is -2.82. The van der Waals surface area contributed by atoms with Gasteiger partial charge in [0.2, 0.25) is 0 Å². The Bertz CT molecular complexity index is 414. The molecule has 0 aliphatic rings. The van der Waals surface area contributed by atoms with Gasteiger partial charge in [-0.15, -0.1) is 0 Å². The standard InChI is InChI=1S/C13H19BrO2S/c1-2-17(15,16)10-6-9-13(11-14)12-7-4-3-5-8-12/h3-5,7-8,13H,2,6,9-11H2,1H3. The van der Waals surface area contributed by atoms with Gasteiger partial charge in [-0.2, -0.15) is 0 Å². The fourth-order valence-electron chi connectivity index (χ4n) is 1.75. The first-order valence-corrected chi connectivity index (χ1v) is 8.84. The highest BCUT2D eigenvalue weighted by atomic mass is 79.9. The Morgan fingerprint density at radius 3 is 2.41 bits per heavy atom. The number of sulfone groups is 1. The van der Waals surface area contributed by atoms with Crippen molar-refractivity contribution in [1.29, 1.82) is 0 Å². The minimum atomic E-state index is -2.82. The SMILES string of the molecule is CCS(=O)(=O)CCCC(CBr)c1ccccc1. The number of hydrogen-bond acceptors (Lipinski definition) is 2. The summed E-state index contributed by atoms with van der Waals surface area (Å²) >= 11 is 3.50. The predicted octanol–water partition coefficient (Wildman–Crippen LogP) is 3.38. The molecule has 1 atom stereocenters. The first-order chi connectivity index (χ1) is 8.09. The summed E-state index contributed by atoms with van der Waals surface area (Å²) in [5.41, 5.74) is 1.28. The highest BCUT2D eigenvalue weighted by Crippen LogP contribution is 2.23. The molecule has 0 spiro atoms. The van der Waals surface area contributed by atoms with E-state index in [2.05, 4.69) is 28.1 Å². The molecular weight excluding hydrogens is 300 g/mol. The molecule has 0 saturated heterocycles. The first kappa shape index (κ1) is 14.7. The van der Waals surface area contributed by atoms with Crippen molar-refractivity contribution in [2.45, 2.75) is 25.7 Å². The van der Waals surface area contributed by atoms with Crippen LogP contribution < -0.4 is 0 Å². The first-order valence-electron chi connectivity index (χ1n) is 5.90. The second-order valence-electron chi connectivity index (χ2n) is 4.14. The summed E-state index contributed by atoms with van der Waals surface area (Å²) in [6, 6.07) is 10.2. The molecule has 17 heavy (non-hydrogen) atoms. The summed E-state index contributed by atoms with van der Waals surface area (Å²) in [6.45, 7) is 1.70. The number of hydrogen-bond donors (Lipinski definition) is 0. The lowest BCUT2D eigenvalue weighted by atomic mass is 9.97. The fourth-order valence-corrected chi connectivity index (χ4v) is 3.34. The highest BCUT2D eigenvalue weighted by molar-refractivity contribution is 9.09. The second kappa shape index (κ2) is 7.17. The number of halogens is 1. The van der Waals surface area contributed by atoms with Crippen molar-refractivity contribution in [3.05, 3.63) is 35.9 Å². The molecule has 0 heterocycles. The monoisotopic (exact) mass is 318 g/mol. The normalized spacial score (nSPS) is 13.5. The molecule has 1 aromatic carbocycles. The zero-order chi connectivity index (χ0) is 12.7. The number of benzene rings is 1. The van der Waals surface area contributed by atoms with Crippen molar-refractivity contribution in [2.24, 2.45) is 0 Å². The molecule has 2 nitrogen and oxygen atoms in total. The molecule has 96 valence electrons. The van der Waals surface area contributed by atoms with E-state index in [1.54, 1.807) is 6.92 Å². The van der Waals surface area contributed by atoms with Gasteiger partial charge >= 0.3 is 0 Å². The van der Waals surface area contributed by atoms with Crippen LogP contribution in [0, 0.1) is 0 Å². The molecule has 0 amide bonds. The van der Waals surface area contributed by atoms with Gasteiger partial charge < -0.3 is 0 Å². The predicted molar refractivity (Wildman–Crippen MR) is 76.5 cm³/mol. The van der Waals surface area contributed by atoms with Crippen LogP contribution in [-0.2, 0) is 9.84 Å². The third-order valence-corrected chi connectivity index (χ3v) is 5.48. The van der Waals surface area contributed by atoms with E-state index in [4.69, 9.17) is 0 Å². The van der Waals surface area contributed by atoms with Crippen LogP contribution in [0.4, 0.5) is 0 Å². The van der Waals surface area contributed by atoms with Crippen LogP contribution >= 0.6 is 15.9 Å². The molecule has 0 aliphatic heterocycles. The molecule has 0 saturated carbocycles. The van der Waals surface area contributed by atoms with Gasteiger partial charge in [-0.3, -0.25) is 0 Å². The molecule has 0 bridgehead atoms. The van der Waals surface area contributed by atoms with E-state index in [0.717, 1.165) is 18.2 Å². The van der Waals surface area contributed by atoms with Crippen molar-refractivity contribution < 1.29 is 8.42 Å². The Balaban J connectivity index is 2.50. The van der Waals surface area contributed by atoms with Gasteiger partial charge in [-0.1, -0.05) is 53.2 Å². The maximum absolute atomic E-state index is 11.4. The van der Waals surface area contributed by atoms with Crippen LogP contribution in [0.5, 0.6) is 0 Å². The highest BCUT2D eigenvalue weighted by Gasteiger charge is 2.12. The Labute approximate surface area is 112 Å². The van der Waals surface area contributed by atoms with Crippen molar-refractivity contribution in [2.75, 3.05) is 16.8 Å². The third kappa shape index (κ3) is 5.21. The molecule has 4 heteroatoms. The Morgan fingerprint density at radius 2 is 1.88 bits per heavy atom. The van der Waals surface area contributed by atoms with Crippen molar-refractivity contribution in [1.82, 2.24) is 0 Å². The van der Waals surface area contributed by atoms with Crippen molar-refractivity contribution in [3.8, 4) is 0 Å². The van der Waals surface area contributed by atoms with Gasteiger partial charge in [0, 0.05) is 11.1 Å². The molecule has 0 aromatic heterocycles. The molecule has 0 aliphatic carbocycles. The zero-order valence-corrected chi connectivity index (χ0v) is 12.5. The fraction of sp³-hybridized carbons (Fsp3) is 0.538. The van der Waals surface area contributed by atoms with Crippen LogP contribution in [-0.4, -0.2) is 25.3 Å². The van der Waals surface area contributed by atoms with E-state index in [0.29, 0.717) is 11.7 Å². The minimum Gasteiger partial charge on any atom is -0.229 e. The lowest BCUT2D eigenvalue weighted by Gasteiger charge is -2.14. The van der Waals surface area contributed by atoms with Crippen LogP contribution in [0.1, 0.15) is 31.2 Å². The van der Waals surface area contributed by atoms with Crippen LogP contribution in [0.15, 0.2) is 30.3 Å².